The molecule has 1 aromatic heterocycles. The number of hydrogen-bond acceptors (Lipinski definition) is 5. The van der Waals surface area contributed by atoms with Crippen LogP contribution >= 0.6 is 11.6 Å². The molecule has 0 aliphatic carbocycles. The summed E-state index contributed by atoms with van der Waals surface area (Å²) in [5.74, 6) is 0.163. The van der Waals surface area contributed by atoms with Crippen LogP contribution in [0.15, 0.2) is 6.33 Å². The van der Waals surface area contributed by atoms with E-state index in [2.05, 4.69) is 15.3 Å². The predicted molar refractivity (Wildman–Crippen MR) is 70.8 cm³/mol. The number of hydrogen-bond donors (Lipinski definition) is 1. The third-order valence-corrected chi connectivity index (χ3v) is 3.53. The summed E-state index contributed by atoms with van der Waals surface area (Å²) in [5, 5.41) is 3.45. The van der Waals surface area contributed by atoms with Crippen molar-refractivity contribution in [2.24, 2.45) is 0 Å². The van der Waals surface area contributed by atoms with E-state index in [-0.39, 0.29) is 11.8 Å². The molecule has 2 heterocycles. The van der Waals surface area contributed by atoms with Crippen molar-refractivity contribution < 1.29 is 9.59 Å². The Morgan fingerprint density at radius 1 is 1.47 bits per heavy atom. The Morgan fingerprint density at radius 3 is 2.89 bits per heavy atom. The number of anilines is 1. The van der Waals surface area contributed by atoms with Crippen molar-refractivity contribution in [3.63, 3.8) is 0 Å². The van der Waals surface area contributed by atoms with E-state index in [0.717, 1.165) is 10.5 Å². The Hall–Kier alpha value is -1.69. The third-order valence-electron chi connectivity index (χ3n) is 3.21. The number of amides is 2. The molecule has 102 valence electrons. The standard InChI is InChI=1S/C12H15ClN4O2/c1-3-7-10(13)14-6-15-11(7)16-8-4-5-9(18)17(2)12(8)19/h6,8H,3-5H2,1-2H3,(H,14,15,16). The van der Waals surface area contributed by atoms with Gasteiger partial charge in [0, 0.05) is 19.0 Å². The zero-order valence-electron chi connectivity index (χ0n) is 10.8. The fourth-order valence-electron chi connectivity index (χ4n) is 2.04. The van der Waals surface area contributed by atoms with Crippen molar-refractivity contribution in [2.75, 3.05) is 12.4 Å². The monoisotopic (exact) mass is 282 g/mol. The number of nitrogens with one attached hydrogen (secondary N) is 1. The number of nitrogens with zero attached hydrogens (tertiary/aromatic N) is 3. The fraction of sp³-hybridized carbons (Fsp3) is 0.500. The van der Waals surface area contributed by atoms with Crippen molar-refractivity contribution in [1.82, 2.24) is 14.9 Å². The number of carbonyl (C=O) groups excluding carboxylic acids is 2. The highest BCUT2D eigenvalue weighted by Crippen LogP contribution is 2.23. The summed E-state index contributed by atoms with van der Waals surface area (Å²) in [5.41, 5.74) is 0.775. The quantitative estimate of drug-likeness (QED) is 0.667. The molecule has 2 rings (SSSR count). The zero-order chi connectivity index (χ0) is 14.0. The molecule has 0 radical (unpaired) electrons. The summed E-state index contributed by atoms with van der Waals surface area (Å²) < 4.78 is 0. The number of likely N-dealkylation sites (N-methyl/N-ethyl adjacent to an activating group) is 1. The second kappa shape index (κ2) is 5.52. The molecule has 1 unspecified atom stereocenters. The lowest BCUT2D eigenvalue weighted by Gasteiger charge is -2.29. The van der Waals surface area contributed by atoms with Crippen molar-refractivity contribution in [3.05, 3.63) is 17.0 Å². The highest BCUT2D eigenvalue weighted by atomic mass is 35.5. The zero-order valence-corrected chi connectivity index (χ0v) is 11.6. The number of likely N-dealkylation sites (tertiary alicyclic amines) is 1. The van der Waals surface area contributed by atoms with E-state index in [1.807, 2.05) is 6.92 Å². The molecule has 0 saturated carbocycles. The lowest BCUT2D eigenvalue weighted by atomic mass is 10.0. The van der Waals surface area contributed by atoms with E-state index in [1.165, 1.54) is 13.4 Å². The summed E-state index contributed by atoms with van der Waals surface area (Å²) in [6.07, 6.45) is 2.83. The normalized spacial score (nSPS) is 19.7. The molecule has 0 aromatic carbocycles. The van der Waals surface area contributed by atoms with Crippen molar-refractivity contribution >= 4 is 29.2 Å². The van der Waals surface area contributed by atoms with Gasteiger partial charge in [-0.2, -0.15) is 0 Å². The highest BCUT2D eigenvalue weighted by Gasteiger charge is 2.32. The Labute approximate surface area is 116 Å². The Morgan fingerprint density at radius 2 is 2.21 bits per heavy atom. The van der Waals surface area contributed by atoms with E-state index in [0.29, 0.717) is 30.2 Å². The lowest BCUT2D eigenvalue weighted by molar-refractivity contribution is -0.146. The first-order valence-electron chi connectivity index (χ1n) is 6.11. The van der Waals surface area contributed by atoms with Crippen LogP contribution in [0.3, 0.4) is 0 Å². The minimum Gasteiger partial charge on any atom is -0.358 e. The van der Waals surface area contributed by atoms with Gasteiger partial charge in [-0.15, -0.1) is 0 Å². The topological polar surface area (TPSA) is 75.2 Å². The van der Waals surface area contributed by atoms with Gasteiger partial charge in [-0.1, -0.05) is 18.5 Å². The van der Waals surface area contributed by atoms with Crippen LogP contribution in [0.5, 0.6) is 0 Å². The molecule has 6 nitrogen and oxygen atoms in total. The SMILES string of the molecule is CCc1c(Cl)ncnc1NC1CCC(=O)N(C)C1=O. The van der Waals surface area contributed by atoms with Gasteiger partial charge >= 0.3 is 0 Å². The molecule has 7 heteroatoms. The Kier molecular flexibility index (Phi) is 3.99. The number of rotatable bonds is 3. The average Bonchev–Trinajstić information content (AvgIpc) is 2.40. The maximum absolute atomic E-state index is 12.0. The first kappa shape index (κ1) is 13.7. The number of piperidine rings is 1. The predicted octanol–water partition coefficient (Wildman–Crippen LogP) is 1.25. The number of halogens is 1. The van der Waals surface area contributed by atoms with Gasteiger partial charge in [0.25, 0.3) is 5.91 Å². The molecule has 0 bridgehead atoms. The van der Waals surface area contributed by atoms with Gasteiger partial charge in [-0.05, 0) is 12.8 Å². The van der Waals surface area contributed by atoms with Gasteiger partial charge in [0.15, 0.2) is 0 Å². The molecule has 1 aromatic rings. The molecule has 1 saturated heterocycles. The van der Waals surface area contributed by atoms with E-state index < -0.39 is 6.04 Å². The first-order valence-corrected chi connectivity index (χ1v) is 6.48. The second-order valence-electron chi connectivity index (χ2n) is 4.37. The molecule has 1 aliphatic heterocycles. The summed E-state index contributed by atoms with van der Waals surface area (Å²) in [7, 11) is 1.49. The van der Waals surface area contributed by atoms with Gasteiger partial charge in [0.1, 0.15) is 23.3 Å². The van der Waals surface area contributed by atoms with Crippen LogP contribution < -0.4 is 5.32 Å². The molecule has 0 spiro atoms. The molecular weight excluding hydrogens is 268 g/mol. The molecule has 1 atom stereocenters. The van der Waals surface area contributed by atoms with Gasteiger partial charge < -0.3 is 5.32 Å². The maximum Gasteiger partial charge on any atom is 0.251 e. The Bertz CT molecular complexity index is 520. The number of carbonyl (C=O) groups is 2. The molecule has 1 aliphatic rings. The minimum atomic E-state index is -0.445. The molecular formula is C12H15ClN4O2. The average molecular weight is 283 g/mol. The van der Waals surface area contributed by atoms with Crippen molar-refractivity contribution in [1.29, 1.82) is 0 Å². The number of imide groups is 1. The van der Waals surface area contributed by atoms with Gasteiger partial charge in [-0.25, -0.2) is 9.97 Å². The fourth-order valence-corrected chi connectivity index (χ4v) is 2.31. The molecule has 2 amide bonds. The van der Waals surface area contributed by atoms with Gasteiger partial charge in [-0.3, -0.25) is 14.5 Å². The maximum atomic E-state index is 12.0. The van der Waals surface area contributed by atoms with Crippen molar-refractivity contribution in [2.45, 2.75) is 32.2 Å². The number of aromatic nitrogens is 2. The third kappa shape index (κ3) is 2.68. The largest absolute Gasteiger partial charge is 0.358 e. The van der Waals surface area contributed by atoms with Crippen molar-refractivity contribution in [3.8, 4) is 0 Å². The van der Waals surface area contributed by atoms with Crippen LogP contribution in [-0.4, -0.2) is 39.8 Å². The van der Waals surface area contributed by atoms with Crippen LogP contribution in [-0.2, 0) is 16.0 Å². The van der Waals surface area contributed by atoms with E-state index >= 15 is 0 Å². The van der Waals surface area contributed by atoms with Gasteiger partial charge in [0.05, 0.1) is 0 Å². The summed E-state index contributed by atoms with van der Waals surface area (Å²) in [4.78, 5) is 32.6. The van der Waals surface area contributed by atoms with Crippen LogP contribution in [0.4, 0.5) is 5.82 Å². The van der Waals surface area contributed by atoms with Crippen LogP contribution in [0.25, 0.3) is 0 Å². The second-order valence-corrected chi connectivity index (χ2v) is 4.73. The van der Waals surface area contributed by atoms with E-state index in [9.17, 15) is 9.59 Å². The molecule has 1 N–H and O–H groups in total. The highest BCUT2D eigenvalue weighted by molar-refractivity contribution is 6.30. The van der Waals surface area contributed by atoms with Gasteiger partial charge in [0.2, 0.25) is 5.91 Å². The smallest absolute Gasteiger partial charge is 0.251 e. The summed E-state index contributed by atoms with van der Waals surface area (Å²) in [6, 6.07) is -0.445. The van der Waals surface area contributed by atoms with Crippen LogP contribution in [0.2, 0.25) is 5.15 Å². The van der Waals surface area contributed by atoms with E-state index in [4.69, 9.17) is 11.6 Å². The first-order chi connectivity index (χ1) is 9.04. The van der Waals surface area contributed by atoms with Crippen LogP contribution in [0.1, 0.15) is 25.3 Å². The Balaban J connectivity index is 2.20. The molecule has 19 heavy (non-hydrogen) atoms. The molecule has 1 fully saturated rings. The van der Waals surface area contributed by atoms with Crippen LogP contribution in [0, 0.1) is 0 Å². The summed E-state index contributed by atoms with van der Waals surface area (Å²) in [6.45, 7) is 1.94. The summed E-state index contributed by atoms with van der Waals surface area (Å²) >= 11 is 5.99. The lowest BCUT2D eigenvalue weighted by Crippen LogP contribution is -2.48. The van der Waals surface area contributed by atoms with E-state index in [1.54, 1.807) is 0 Å². The minimum absolute atomic E-state index is 0.153.